The van der Waals surface area contributed by atoms with Crippen molar-refractivity contribution in [2.24, 2.45) is 5.41 Å². The third-order valence-electron chi connectivity index (χ3n) is 1.47. The number of halogens is 1. The minimum atomic E-state index is 0.183. The summed E-state index contributed by atoms with van der Waals surface area (Å²) < 4.78 is 5.57. The van der Waals surface area contributed by atoms with E-state index in [0.29, 0.717) is 11.6 Å². The van der Waals surface area contributed by atoms with Crippen molar-refractivity contribution in [3.8, 4) is 5.75 Å². The maximum Gasteiger partial charge on any atom is 0.120 e. The van der Waals surface area contributed by atoms with Crippen molar-refractivity contribution < 1.29 is 4.74 Å². The molecule has 0 bridgehead atoms. The van der Waals surface area contributed by atoms with Crippen molar-refractivity contribution >= 4 is 11.6 Å². The Morgan fingerprint density at radius 3 is 2.54 bits per heavy atom. The molecule has 0 aliphatic heterocycles. The summed E-state index contributed by atoms with van der Waals surface area (Å²) in [4.78, 5) is 0. The predicted molar refractivity (Wildman–Crippen MR) is 56.4 cm³/mol. The first-order valence-corrected chi connectivity index (χ1v) is 4.73. The van der Waals surface area contributed by atoms with E-state index in [1.807, 2.05) is 24.3 Å². The molecule has 0 fully saturated rings. The minimum absolute atomic E-state index is 0.183. The molecule has 0 saturated heterocycles. The van der Waals surface area contributed by atoms with Crippen LogP contribution in [-0.4, -0.2) is 6.61 Å². The fourth-order valence-electron chi connectivity index (χ4n) is 0.857. The lowest BCUT2D eigenvalue weighted by Gasteiger charge is -2.18. The number of hydrogen-bond acceptors (Lipinski definition) is 1. The van der Waals surface area contributed by atoms with Gasteiger partial charge in [-0.1, -0.05) is 38.4 Å². The monoisotopic (exact) mass is 198 g/mol. The number of hydrogen-bond donors (Lipinski definition) is 0. The molecule has 1 aromatic carbocycles. The van der Waals surface area contributed by atoms with Gasteiger partial charge in [-0.15, -0.1) is 0 Å². The van der Waals surface area contributed by atoms with Gasteiger partial charge in [0.05, 0.1) is 6.61 Å². The zero-order valence-electron chi connectivity index (χ0n) is 8.30. The SMILES string of the molecule is CC(C)(C)COc1cccc(Cl)c1. The second-order valence-corrected chi connectivity index (χ2v) is 4.74. The highest BCUT2D eigenvalue weighted by Crippen LogP contribution is 2.20. The Bertz CT molecular complexity index is 276. The molecule has 2 heteroatoms. The third-order valence-corrected chi connectivity index (χ3v) is 1.70. The smallest absolute Gasteiger partial charge is 0.120 e. The van der Waals surface area contributed by atoms with Gasteiger partial charge in [0, 0.05) is 5.02 Å². The molecule has 0 atom stereocenters. The van der Waals surface area contributed by atoms with Crippen molar-refractivity contribution in [2.75, 3.05) is 6.61 Å². The van der Waals surface area contributed by atoms with E-state index < -0.39 is 0 Å². The molecule has 13 heavy (non-hydrogen) atoms. The van der Waals surface area contributed by atoms with Crippen LogP contribution in [0.15, 0.2) is 24.3 Å². The van der Waals surface area contributed by atoms with Crippen molar-refractivity contribution in [1.82, 2.24) is 0 Å². The minimum Gasteiger partial charge on any atom is -0.493 e. The molecule has 0 aliphatic rings. The third kappa shape index (κ3) is 4.18. The Hall–Kier alpha value is -0.690. The molecule has 1 rings (SSSR count). The van der Waals surface area contributed by atoms with E-state index in [2.05, 4.69) is 20.8 Å². The summed E-state index contributed by atoms with van der Waals surface area (Å²) in [5, 5.41) is 0.714. The molecule has 0 unspecified atom stereocenters. The standard InChI is InChI=1S/C11H15ClO/c1-11(2,3)8-13-10-6-4-5-9(12)7-10/h4-7H,8H2,1-3H3. The van der Waals surface area contributed by atoms with Gasteiger partial charge in [0.2, 0.25) is 0 Å². The zero-order chi connectivity index (χ0) is 9.90. The van der Waals surface area contributed by atoms with E-state index in [4.69, 9.17) is 16.3 Å². The van der Waals surface area contributed by atoms with E-state index in [1.165, 1.54) is 0 Å². The number of benzene rings is 1. The van der Waals surface area contributed by atoms with E-state index in [9.17, 15) is 0 Å². The summed E-state index contributed by atoms with van der Waals surface area (Å²) in [6.45, 7) is 7.11. The van der Waals surface area contributed by atoms with Gasteiger partial charge in [0.25, 0.3) is 0 Å². The van der Waals surface area contributed by atoms with Crippen LogP contribution in [0.5, 0.6) is 5.75 Å². The lowest BCUT2D eigenvalue weighted by atomic mass is 9.99. The van der Waals surface area contributed by atoms with Gasteiger partial charge in [0.1, 0.15) is 5.75 Å². The molecule has 1 nitrogen and oxygen atoms in total. The van der Waals surface area contributed by atoms with E-state index in [0.717, 1.165) is 5.75 Å². The van der Waals surface area contributed by atoms with Gasteiger partial charge in [-0.2, -0.15) is 0 Å². The van der Waals surface area contributed by atoms with Gasteiger partial charge in [-0.3, -0.25) is 0 Å². The summed E-state index contributed by atoms with van der Waals surface area (Å²) >= 11 is 5.81. The van der Waals surface area contributed by atoms with E-state index >= 15 is 0 Å². The van der Waals surface area contributed by atoms with Crippen molar-refractivity contribution in [1.29, 1.82) is 0 Å². The topological polar surface area (TPSA) is 9.23 Å². The average Bonchev–Trinajstić information content (AvgIpc) is 2.00. The molecule has 0 saturated carbocycles. The van der Waals surface area contributed by atoms with Gasteiger partial charge in [-0.05, 0) is 23.6 Å². The van der Waals surface area contributed by atoms with Crippen LogP contribution in [0.2, 0.25) is 5.02 Å². The van der Waals surface area contributed by atoms with Gasteiger partial charge >= 0.3 is 0 Å². The summed E-state index contributed by atoms with van der Waals surface area (Å²) in [7, 11) is 0. The molecular formula is C11H15ClO. The Morgan fingerprint density at radius 1 is 1.31 bits per heavy atom. The lowest BCUT2D eigenvalue weighted by molar-refractivity contribution is 0.198. The van der Waals surface area contributed by atoms with Gasteiger partial charge in [-0.25, -0.2) is 0 Å². The van der Waals surface area contributed by atoms with Crippen LogP contribution in [0.4, 0.5) is 0 Å². The van der Waals surface area contributed by atoms with Crippen LogP contribution in [0.25, 0.3) is 0 Å². The van der Waals surface area contributed by atoms with Crippen LogP contribution in [0.1, 0.15) is 20.8 Å². The molecule has 72 valence electrons. The second-order valence-electron chi connectivity index (χ2n) is 4.31. The average molecular weight is 199 g/mol. The molecule has 0 aliphatic carbocycles. The fourth-order valence-corrected chi connectivity index (χ4v) is 1.04. The molecule has 0 radical (unpaired) electrons. The quantitative estimate of drug-likeness (QED) is 0.703. The molecular weight excluding hydrogens is 184 g/mol. The Balaban J connectivity index is 2.55. The van der Waals surface area contributed by atoms with Crippen molar-refractivity contribution in [2.45, 2.75) is 20.8 Å². The normalized spacial score (nSPS) is 11.4. The highest BCUT2D eigenvalue weighted by Gasteiger charge is 2.10. The molecule has 0 heterocycles. The second kappa shape index (κ2) is 4.01. The zero-order valence-corrected chi connectivity index (χ0v) is 9.06. The van der Waals surface area contributed by atoms with Crippen LogP contribution in [0.3, 0.4) is 0 Å². The molecule has 0 amide bonds. The lowest BCUT2D eigenvalue weighted by Crippen LogP contribution is -2.16. The van der Waals surface area contributed by atoms with E-state index in [-0.39, 0.29) is 5.41 Å². The molecule has 0 N–H and O–H groups in total. The van der Waals surface area contributed by atoms with Crippen LogP contribution in [0, 0.1) is 5.41 Å². The molecule has 1 aromatic rings. The Labute approximate surface area is 84.7 Å². The number of ether oxygens (including phenoxy) is 1. The van der Waals surface area contributed by atoms with Gasteiger partial charge < -0.3 is 4.74 Å². The van der Waals surface area contributed by atoms with Gasteiger partial charge in [0.15, 0.2) is 0 Å². The molecule has 0 spiro atoms. The predicted octanol–water partition coefficient (Wildman–Crippen LogP) is 3.76. The van der Waals surface area contributed by atoms with Crippen LogP contribution < -0.4 is 4.74 Å². The highest BCUT2D eigenvalue weighted by molar-refractivity contribution is 6.30. The largest absolute Gasteiger partial charge is 0.493 e. The summed E-state index contributed by atoms with van der Waals surface area (Å²) in [6, 6.07) is 7.47. The number of rotatable bonds is 2. The Morgan fingerprint density at radius 2 is 2.00 bits per heavy atom. The highest BCUT2D eigenvalue weighted by atomic mass is 35.5. The van der Waals surface area contributed by atoms with E-state index in [1.54, 1.807) is 0 Å². The fraction of sp³-hybridized carbons (Fsp3) is 0.455. The first-order chi connectivity index (χ1) is 5.97. The first kappa shape index (κ1) is 10.4. The summed E-state index contributed by atoms with van der Waals surface area (Å²) in [5.74, 6) is 0.836. The maximum atomic E-state index is 5.81. The van der Waals surface area contributed by atoms with Crippen molar-refractivity contribution in [3.05, 3.63) is 29.3 Å². The molecule has 0 aromatic heterocycles. The first-order valence-electron chi connectivity index (χ1n) is 4.36. The Kier molecular flexibility index (Phi) is 3.21. The summed E-state index contributed by atoms with van der Waals surface area (Å²) in [5.41, 5.74) is 0.183. The van der Waals surface area contributed by atoms with Crippen LogP contribution in [-0.2, 0) is 0 Å². The maximum absolute atomic E-state index is 5.81. The van der Waals surface area contributed by atoms with Crippen LogP contribution >= 0.6 is 11.6 Å². The summed E-state index contributed by atoms with van der Waals surface area (Å²) in [6.07, 6.45) is 0. The van der Waals surface area contributed by atoms with Crippen molar-refractivity contribution in [3.63, 3.8) is 0 Å².